The van der Waals surface area contributed by atoms with Gasteiger partial charge in [-0.1, -0.05) is 23.9 Å². The van der Waals surface area contributed by atoms with E-state index in [-0.39, 0.29) is 17.8 Å². The minimum absolute atomic E-state index is 0.0731. The molecule has 0 aliphatic carbocycles. The van der Waals surface area contributed by atoms with E-state index in [0.717, 1.165) is 36.5 Å². The van der Waals surface area contributed by atoms with Crippen molar-refractivity contribution in [2.75, 3.05) is 50.1 Å². The molecule has 2 aliphatic rings. The minimum atomic E-state index is -0.203. The SMILES string of the molecule is CCn1c(SCC(=O)NCC2COc3ccccc3O2)nnc1N1CCOCC1. The summed E-state index contributed by atoms with van der Waals surface area (Å²) in [5.74, 6) is 2.48. The molecular formula is C19H25N5O4S. The van der Waals surface area contributed by atoms with Crippen LogP contribution < -0.4 is 19.7 Å². The van der Waals surface area contributed by atoms with Crippen molar-refractivity contribution in [2.24, 2.45) is 0 Å². The maximum atomic E-state index is 12.3. The molecular weight excluding hydrogens is 394 g/mol. The standard InChI is InChI=1S/C19H25N5O4S/c1-2-24-18(23-7-9-26-10-8-23)21-22-19(24)29-13-17(25)20-11-14-12-27-15-5-3-4-6-16(15)28-14/h3-6,14H,2,7-13H2,1H3,(H,20,25). The fraction of sp³-hybridized carbons (Fsp3) is 0.526. The molecule has 0 saturated carbocycles. The Kier molecular flexibility index (Phi) is 6.40. The van der Waals surface area contributed by atoms with Gasteiger partial charge in [0.2, 0.25) is 11.9 Å². The predicted molar refractivity (Wildman–Crippen MR) is 109 cm³/mol. The van der Waals surface area contributed by atoms with Crippen LogP contribution in [0.3, 0.4) is 0 Å². The van der Waals surface area contributed by atoms with Gasteiger partial charge in [0, 0.05) is 19.6 Å². The number of fused-ring (bicyclic) bond motifs is 1. The summed E-state index contributed by atoms with van der Waals surface area (Å²) in [5.41, 5.74) is 0. The predicted octanol–water partition coefficient (Wildman–Crippen LogP) is 1.18. The molecule has 1 N–H and O–H groups in total. The van der Waals surface area contributed by atoms with Gasteiger partial charge < -0.3 is 24.4 Å². The number of para-hydroxylation sites is 2. The molecule has 1 amide bonds. The van der Waals surface area contributed by atoms with Crippen molar-refractivity contribution < 1.29 is 19.0 Å². The zero-order valence-electron chi connectivity index (χ0n) is 16.4. The van der Waals surface area contributed by atoms with E-state index >= 15 is 0 Å². The Balaban J connectivity index is 1.26. The summed E-state index contributed by atoms with van der Waals surface area (Å²) >= 11 is 1.39. The molecule has 1 saturated heterocycles. The van der Waals surface area contributed by atoms with E-state index in [2.05, 4.69) is 27.3 Å². The highest BCUT2D eigenvalue weighted by atomic mass is 32.2. The second kappa shape index (κ2) is 9.36. The van der Waals surface area contributed by atoms with Gasteiger partial charge in [0.15, 0.2) is 16.7 Å². The topological polar surface area (TPSA) is 90.7 Å². The molecule has 9 nitrogen and oxygen atoms in total. The number of nitrogens with zero attached hydrogens (tertiary/aromatic N) is 4. The number of morpholine rings is 1. The van der Waals surface area contributed by atoms with Crippen LogP contribution in [0.15, 0.2) is 29.4 Å². The Bertz CT molecular complexity index is 840. The third kappa shape index (κ3) is 4.76. The average Bonchev–Trinajstić information content (AvgIpc) is 3.19. The van der Waals surface area contributed by atoms with Gasteiger partial charge in [0.05, 0.1) is 25.5 Å². The summed E-state index contributed by atoms with van der Waals surface area (Å²) in [6.45, 7) is 6.60. The second-order valence-corrected chi connectivity index (χ2v) is 7.66. The van der Waals surface area contributed by atoms with Gasteiger partial charge >= 0.3 is 0 Å². The number of aromatic nitrogens is 3. The van der Waals surface area contributed by atoms with Gasteiger partial charge in [-0.3, -0.25) is 9.36 Å². The molecule has 0 bridgehead atoms. The van der Waals surface area contributed by atoms with Crippen molar-refractivity contribution in [2.45, 2.75) is 24.7 Å². The van der Waals surface area contributed by atoms with Crippen molar-refractivity contribution in [1.29, 1.82) is 0 Å². The molecule has 1 unspecified atom stereocenters. The third-order valence-electron chi connectivity index (χ3n) is 4.73. The molecule has 1 atom stereocenters. The Labute approximate surface area is 173 Å². The van der Waals surface area contributed by atoms with Gasteiger partial charge in [-0.15, -0.1) is 10.2 Å². The monoisotopic (exact) mass is 419 g/mol. The number of hydrogen-bond acceptors (Lipinski definition) is 8. The fourth-order valence-corrected chi connectivity index (χ4v) is 4.06. The van der Waals surface area contributed by atoms with E-state index < -0.39 is 0 Å². The molecule has 3 heterocycles. The van der Waals surface area contributed by atoms with Crippen LogP contribution in [0.1, 0.15) is 6.92 Å². The Morgan fingerprint density at radius 1 is 1.24 bits per heavy atom. The lowest BCUT2D eigenvalue weighted by Crippen LogP contribution is -2.41. The molecule has 0 radical (unpaired) electrons. The first-order valence-corrected chi connectivity index (χ1v) is 10.8. The van der Waals surface area contributed by atoms with Crippen LogP contribution in [0.5, 0.6) is 11.5 Å². The zero-order chi connectivity index (χ0) is 20.1. The summed E-state index contributed by atoms with van der Waals surface area (Å²) in [4.78, 5) is 14.5. The Morgan fingerprint density at radius 3 is 2.83 bits per heavy atom. The Hall–Kier alpha value is -2.46. The van der Waals surface area contributed by atoms with Crippen LogP contribution >= 0.6 is 11.8 Å². The van der Waals surface area contributed by atoms with Crippen molar-refractivity contribution in [3.8, 4) is 11.5 Å². The van der Waals surface area contributed by atoms with E-state index in [4.69, 9.17) is 14.2 Å². The fourth-order valence-electron chi connectivity index (χ4n) is 3.23. The van der Waals surface area contributed by atoms with Crippen LogP contribution in [-0.4, -0.2) is 72.0 Å². The quantitative estimate of drug-likeness (QED) is 0.669. The van der Waals surface area contributed by atoms with E-state index in [1.165, 1.54) is 11.8 Å². The average molecular weight is 420 g/mol. The number of benzene rings is 1. The first-order chi connectivity index (χ1) is 14.2. The maximum Gasteiger partial charge on any atom is 0.230 e. The smallest absolute Gasteiger partial charge is 0.230 e. The van der Waals surface area contributed by atoms with Gasteiger partial charge in [-0.2, -0.15) is 0 Å². The van der Waals surface area contributed by atoms with Crippen LogP contribution in [0.2, 0.25) is 0 Å². The number of rotatable bonds is 7. The number of thioether (sulfide) groups is 1. The molecule has 156 valence electrons. The highest BCUT2D eigenvalue weighted by Gasteiger charge is 2.22. The van der Waals surface area contributed by atoms with Crippen molar-refractivity contribution in [1.82, 2.24) is 20.1 Å². The van der Waals surface area contributed by atoms with Gasteiger partial charge in [-0.25, -0.2) is 0 Å². The number of carbonyl (C=O) groups excluding carboxylic acids is 1. The van der Waals surface area contributed by atoms with Crippen LogP contribution in [-0.2, 0) is 16.1 Å². The van der Waals surface area contributed by atoms with E-state index in [1.54, 1.807) is 0 Å². The van der Waals surface area contributed by atoms with Crippen molar-refractivity contribution >= 4 is 23.6 Å². The molecule has 2 aromatic rings. The summed E-state index contributed by atoms with van der Waals surface area (Å²) in [6.07, 6.45) is -0.203. The summed E-state index contributed by atoms with van der Waals surface area (Å²) in [7, 11) is 0. The van der Waals surface area contributed by atoms with Gasteiger partial charge in [0.1, 0.15) is 12.7 Å². The number of hydrogen-bond donors (Lipinski definition) is 1. The van der Waals surface area contributed by atoms with Crippen LogP contribution in [0.25, 0.3) is 0 Å². The molecule has 1 fully saturated rings. The highest BCUT2D eigenvalue weighted by Crippen LogP contribution is 2.30. The molecule has 2 aliphatic heterocycles. The molecule has 4 rings (SSSR count). The molecule has 10 heteroatoms. The van der Waals surface area contributed by atoms with E-state index in [0.29, 0.717) is 32.1 Å². The van der Waals surface area contributed by atoms with Crippen molar-refractivity contribution in [3.63, 3.8) is 0 Å². The summed E-state index contributed by atoms with van der Waals surface area (Å²) in [6, 6.07) is 7.54. The summed E-state index contributed by atoms with van der Waals surface area (Å²) in [5, 5.41) is 12.3. The lowest BCUT2D eigenvalue weighted by atomic mass is 10.2. The highest BCUT2D eigenvalue weighted by molar-refractivity contribution is 7.99. The van der Waals surface area contributed by atoms with Crippen LogP contribution in [0, 0.1) is 0 Å². The lowest BCUT2D eigenvalue weighted by Gasteiger charge is -2.27. The first-order valence-electron chi connectivity index (χ1n) is 9.78. The molecule has 29 heavy (non-hydrogen) atoms. The number of ether oxygens (including phenoxy) is 3. The minimum Gasteiger partial charge on any atom is -0.486 e. The largest absolute Gasteiger partial charge is 0.486 e. The molecule has 1 aromatic carbocycles. The third-order valence-corrected chi connectivity index (χ3v) is 5.70. The normalized spacial score (nSPS) is 18.5. The number of nitrogens with one attached hydrogen (secondary N) is 1. The number of anilines is 1. The zero-order valence-corrected chi connectivity index (χ0v) is 17.2. The van der Waals surface area contributed by atoms with E-state index in [9.17, 15) is 4.79 Å². The van der Waals surface area contributed by atoms with Crippen LogP contribution in [0.4, 0.5) is 5.95 Å². The first kappa shape index (κ1) is 19.8. The molecule has 1 aromatic heterocycles. The second-order valence-electron chi connectivity index (χ2n) is 6.72. The Morgan fingerprint density at radius 2 is 2.03 bits per heavy atom. The number of amides is 1. The summed E-state index contributed by atoms with van der Waals surface area (Å²) < 4.78 is 19.0. The molecule has 0 spiro atoms. The van der Waals surface area contributed by atoms with Gasteiger partial charge in [-0.05, 0) is 19.1 Å². The van der Waals surface area contributed by atoms with E-state index in [1.807, 2.05) is 28.8 Å². The van der Waals surface area contributed by atoms with Crippen molar-refractivity contribution in [3.05, 3.63) is 24.3 Å². The van der Waals surface area contributed by atoms with Gasteiger partial charge in [0.25, 0.3) is 0 Å². The maximum absolute atomic E-state index is 12.3. The lowest BCUT2D eigenvalue weighted by molar-refractivity contribution is -0.119. The number of carbonyl (C=O) groups is 1.